The van der Waals surface area contributed by atoms with Crippen LogP contribution in [0.2, 0.25) is 5.02 Å². The number of hydrogen-bond acceptors (Lipinski definition) is 6. The lowest BCUT2D eigenvalue weighted by atomic mass is 9.74. The standard InChI is InChI=1S/C19H22BClN2O5S/c1-17(2)18(3,4)28-20(27-17)15-11-7-19(9-22-16(24)25,14-8-29-10-23-14)26-13(11)6-5-12(15)21/h5-6,8,10,22H,7,9H2,1-4H3,(H,24,25). The molecule has 4 rings (SSSR count). The van der Waals surface area contributed by atoms with Crippen molar-refractivity contribution in [2.24, 2.45) is 0 Å². The van der Waals surface area contributed by atoms with E-state index in [4.69, 9.17) is 30.8 Å². The highest BCUT2D eigenvalue weighted by molar-refractivity contribution is 7.07. The first-order valence-corrected chi connectivity index (χ1v) is 10.6. The molecule has 1 saturated heterocycles. The van der Waals surface area contributed by atoms with Crippen LogP contribution in [0.1, 0.15) is 39.0 Å². The van der Waals surface area contributed by atoms with E-state index < -0.39 is 30.0 Å². The van der Waals surface area contributed by atoms with Gasteiger partial charge in [0.15, 0.2) is 5.60 Å². The number of amides is 1. The van der Waals surface area contributed by atoms with Gasteiger partial charge in [-0.05, 0) is 45.4 Å². The maximum Gasteiger partial charge on any atom is 0.496 e. The zero-order chi connectivity index (χ0) is 21.0. The molecule has 0 aliphatic carbocycles. The summed E-state index contributed by atoms with van der Waals surface area (Å²) in [7, 11) is -0.648. The molecule has 10 heteroatoms. The van der Waals surface area contributed by atoms with Gasteiger partial charge in [0, 0.05) is 22.3 Å². The number of ether oxygens (including phenoxy) is 1. The highest BCUT2D eigenvalue weighted by Crippen LogP contribution is 2.43. The fourth-order valence-corrected chi connectivity index (χ4v) is 4.54. The van der Waals surface area contributed by atoms with Crippen molar-refractivity contribution in [2.45, 2.75) is 50.9 Å². The summed E-state index contributed by atoms with van der Waals surface area (Å²) in [6.07, 6.45) is -0.727. The quantitative estimate of drug-likeness (QED) is 0.716. The van der Waals surface area contributed by atoms with Crippen LogP contribution in [0.5, 0.6) is 5.75 Å². The molecule has 0 spiro atoms. The average Bonchev–Trinajstić information content (AvgIpc) is 3.31. The number of carboxylic acid groups (broad SMARTS) is 1. The smallest absolute Gasteiger partial charge is 0.478 e. The predicted octanol–water partition coefficient (Wildman–Crippen LogP) is 3.19. The average molecular weight is 437 g/mol. The first kappa shape index (κ1) is 20.5. The highest BCUT2D eigenvalue weighted by atomic mass is 35.5. The molecule has 1 fully saturated rings. The Balaban J connectivity index is 1.75. The van der Waals surface area contributed by atoms with Gasteiger partial charge >= 0.3 is 13.2 Å². The largest absolute Gasteiger partial charge is 0.496 e. The number of carbonyl (C=O) groups is 1. The molecule has 2 N–H and O–H groups in total. The summed E-state index contributed by atoms with van der Waals surface area (Å²) < 4.78 is 18.8. The van der Waals surface area contributed by atoms with Crippen molar-refractivity contribution in [3.63, 3.8) is 0 Å². The van der Waals surface area contributed by atoms with Gasteiger partial charge in [-0.15, -0.1) is 11.3 Å². The van der Waals surface area contributed by atoms with Crippen LogP contribution in [-0.2, 0) is 21.3 Å². The van der Waals surface area contributed by atoms with E-state index in [0.717, 1.165) is 11.0 Å². The van der Waals surface area contributed by atoms with Crippen molar-refractivity contribution in [3.05, 3.63) is 39.3 Å². The van der Waals surface area contributed by atoms with Gasteiger partial charge in [0.25, 0.3) is 0 Å². The molecule has 0 radical (unpaired) electrons. The lowest BCUT2D eigenvalue weighted by molar-refractivity contribution is 0.00578. The summed E-state index contributed by atoms with van der Waals surface area (Å²) in [5.41, 5.74) is 1.95. The highest BCUT2D eigenvalue weighted by Gasteiger charge is 2.54. The molecule has 2 aliphatic heterocycles. The molecule has 2 aromatic rings. The summed E-state index contributed by atoms with van der Waals surface area (Å²) in [5.74, 6) is 0.624. The van der Waals surface area contributed by atoms with Crippen molar-refractivity contribution in [3.8, 4) is 5.75 Å². The van der Waals surface area contributed by atoms with Crippen molar-refractivity contribution >= 4 is 41.6 Å². The first-order chi connectivity index (χ1) is 13.5. The molecule has 1 aromatic heterocycles. The molecule has 1 aromatic carbocycles. The van der Waals surface area contributed by atoms with E-state index in [9.17, 15) is 4.79 Å². The molecule has 7 nitrogen and oxygen atoms in total. The summed E-state index contributed by atoms with van der Waals surface area (Å²) in [6.45, 7) is 7.99. The summed E-state index contributed by atoms with van der Waals surface area (Å²) in [4.78, 5) is 15.6. The molecule has 0 bridgehead atoms. The maximum absolute atomic E-state index is 11.2. The Morgan fingerprint density at radius 1 is 1.31 bits per heavy atom. The number of benzene rings is 1. The fraction of sp³-hybridized carbons (Fsp3) is 0.474. The number of nitrogens with zero attached hydrogens (tertiary/aromatic N) is 1. The number of hydrogen-bond donors (Lipinski definition) is 2. The van der Waals surface area contributed by atoms with Crippen molar-refractivity contribution < 1.29 is 23.9 Å². The molecule has 154 valence electrons. The van der Waals surface area contributed by atoms with Gasteiger partial charge in [-0.2, -0.15) is 0 Å². The van der Waals surface area contributed by atoms with Gasteiger partial charge < -0.3 is 24.5 Å². The zero-order valence-corrected chi connectivity index (χ0v) is 18.2. The van der Waals surface area contributed by atoms with E-state index >= 15 is 0 Å². The first-order valence-electron chi connectivity index (χ1n) is 9.26. The van der Waals surface area contributed by atoms with Gasteiger partial charge in [0.1, 0.15) is 5.75 Å². The van der Waals surface area contributed by atoms with Gasteiger partial charge in [-0.25, -0.2) is 9.78 Å². The van der Waals surface area contributed by atoms with Crippen molar-refractivity contribution in [1.82, 2.24) is 10.3 Å². The Kier molecular flexibility index (Phi) is 4.85. The van der Waals surface area contributed by atoms with Crippen molar-refractivity contribution in [2.75, 3.05) is 6.54 Å². The fourth-order valence-electron chi connectivity index (χ4n) is 3.63. The van der Waals surface area contributed by atoms with Crippen LogP contribution in [0.15, 0.2) is 23.0 Å². The lowest BCUT2D eigenvalue weighted by Gasteiger charge is -2.32. The maximum atomic E-state index is 11.2. The normalized spacial score (nSPS) is 24.2. The van der Waals surface area contributed by atoms with E-state index in [1.165, 1.54) is 11.3 Å². The third-order valence-corrected chi connectivity index (χ3v) is 6.86. The van der Waals surface area contributed by atoms with Crippen LogP contribution in [-0.4, -0.2) is 41.0 Å². The summed E-state index contributed by atoms with van der Waals surface area (Å²) in [5, 5.41) is 14.0. The minimum absolute atomic E-state index is 0.0567. The third-order valence-electron chi connectivity index (χ3n) is 5.94. The molecule has 2 aliphatic rings. The molecule has 3 heterocycles. The van der Waals surface area contributed by atoms with E-state index in [1.807, 2.05) is 33.1 Å². The van der Waals surface area contributed by atoms with Crippen LogP contribution in [0.25, 0.3) is 0 Å². The number of rotatable bonds is 4. The van der Waals surface area contributed by atoms with E-state index in [0.29, 0.717) is 22.9 Å². The molecular formula is C19H22BClN2O5S. The second kappa shape index (κ2) is 6.87. The Morgan fingerprint density at radius 2 is 2.00 bits per heavy atom. The van der Waals surface area contributed by atoms with Crippen LogP contribution in [0.4, 0.5) is 4.79 Å². The molecule has 0 saturated carbocycles. The van der Waals surface area contributed by atoms with Crippen LogP contribution < -0.4 is 15.5 Å². The Bertz CT molecular complexity index is 936. The number of thiazole rings is 1. The van der Waals surface area contributed by atoms with Gasteiger partial charge in [-0.3, -0.25) is 0 Å². The minimum Gasteiger partial charge on any atom is -0.478 e. The van der Waals surface area contributed by atoms with Crippen molar-refractivity contribution in [1.29, 1.82) is 0 Å². The number of halogens is 1. The number of nitrogens with one attached hydrogen (secondary N) is 1. The topological polar surface area (TPSA) is 89.9 Å². The van der Waals surface area contributed by atoms with Gasteiger partial charge in [0.2, 0.25) is 0 Å². The van der Waals surface area contributed by atoms with Crippen LogP contribution >= 0.6 is 22.9 Å². The molecule has 1 unspecified atom stereocenters. The predicted molar refractivity (Wildman–Crippen MR) is 111 cm³/mol. The summed E-state index contributed by atoms with van der Waals surface area (Å²) >= 11 is 8.01. The summed E-state index contributed by atoms with van der Waals surface area (Å²) in [6, 6.07) is 3.55. The monoisotopic (exact) mass is 436 g/mol. The third kappa shape index (κ3) is 3.40. The molecule has 1 amide bonds. The number of aromatic nitrogens is 1. The van der Waals surface area contributed by atoms with E-state index in [1.54, 1.807) is 17.6 Å². The minimum atomic E-state index is -1.12. The molecule has 1 atom stereocenters. The van der Waals surface area contributed by atoms with Gasteiger partial charge in [-0.1, -0.05) is 11.6 Å². The lowest BCUT2D eigenvalue weighted by Crippen LogP contribution is -2.45. The number of fused-ring (bicyclic) bond motifs is 1. The Labute approximate surface area is 178 Å². The second-order valence-electron chi connectivity index (χ2n) is 8.33. The SMILES string of the molecule is CC1(C)OB(c2c(Cl)ccc3c2CC(CNC(=O)O)(c2cscn2)O3)OC1(C)C. The molecular weight excluding hydrogens is 415 g/mol. The second-order valence-corrected chi connectivity index (χ2v) is 9.46. The van der Waals surface area contributed by atoms with Crippen LogP contribution in [0.3, 0.4) is 0 Å². The zero-order valence-electron chi connectivity index (χ0n) is 16.6. The van der Waals surface area contributed by atoms with Gasteiger partial charge in [0.05, 0.1) is 29.0 Å². The van der Waals surface area contributed by atoms with E-state index in [2.05, 4.69) is 10.3 Å². The van der Waals surface area contributed by atoms with Crippen LogP contribution in [0, 0.1) is 0 Å². The Morgan fingerprint density at radius 3 is 2.59 bits per heavy atom. The Hall–Kier alpha value is -1.81. The molecule has 29 heavy (non-hydrogen) atoms. The van der Waals surface area contributed by atoms with E-state index in [-0.39, 0.29) is 6.54 Å².